The van der Waals surface area contributed by atoms with E-state index >= 15 is 0 Å². The van der Waals surface area contributed by atoms with E-state index in [1.165, 1.54) is 6.42 Å². The standard InChI is InChI=1S/C15H20Cl2N2O/c16-12-6-4-5-11(13(12)17)7-10-19-14(20)15(18)8-2-1-3-9-15/h4-6H,1-3,7-10,18H2,(H,19,20). The van der Waals surface area contributed by atoms with Crippen molar-refractivity contribution in [3.63, 3.8) is 0 Å². The van der Waals surface area contributed by atoms with Crippen molar-refractivity contribution in [3.8, 4) is 0 Å². The molecule has 0 atom stereocenters. The van der Waals surface area contributed by atoms with Crippen LogP contribution in [0, 0.1) is 0 Å². The molecule has 20 heavy (non-hydrogen) atoms. The maximum Gasteiger partial charge on any atom is 0.240 e. The molecular weight excluding hydrogens is 295 g/mol. The molecule has 1 saturated carbocycles. The number of hydrogen-bond donors (Lipinski definition) is 2. The number of rotatable bonds is 4. The Hall–Kier alpha value is -0.770. The van der Waals surface area contributed by atoms with Crippen LogP contribution in [-0.4, -0.2) is 18.0 Å². The lowest BCUT2D eigenvalue weighted by Gasteiger charge is -2.31. The van der Waals surface area contributed by atoms with Gasteiger partial charge in [-0.1, -0.05) is 54.6 Å². The van der Waals surface area contributed by atoms with Gasteiger partial charge in [0.15, 0.2) is 0 Å². The summed E-state index contributed by atoms with van der Waals surface area (Å²) in [5.41, 5.74) is 6.43. The van der Waals surface area contributed by atoms with E-state index in [1.54, 1.807) is 6.07 Å². The highest BCUT2D eigenvalue weighted by molar-refractivity contribution is 6.42. The Bertz CT molecular complexity index is 485. The minimum Gasteiger partial charge on any atom is -0.354 e. The molecule has 0 saturated heterocycles. The number of benzene rings is 1. The second-order valence-corrected chi connectivity index (χ2v) is 6.22. The quantitative estimate of drug-likeness (QED) is 0.895. The fourth-order valence-corrected chi connectivity index (χ4v) is 3.05. The zero-order valence-corrected chi connectivity index (χ0v) is 12.9. The molecule has 1 aromatic carbocycles. The van der Waals surface area contributed by atoms with E-state index in [9.17, 15) is 4.79 Å². The van der Waals surface area contributed by atoms with E-state index < -0.39 is 5.54 Å². The van der Waals surface area contributed by atoms with Crippen molar-refractivity contribution < 1.29 is 4.79 Å². The van der Waals surface area contributed by atoms with Crippen LogP contribution in [0.5, 0.6) is 0 Å². The molecule has 1 aromatic rings. The molecule has 0 spiro atoms. The third-order valence-electron chi connectivity index (χ3n) is 3.91. The summed E-state index contributed by atoms with van der Waals surface area (Å²) in [6.45, 7) is 0.526. The molecular formula is C15H20Cl2N2O. The summed E-state index contributed by atoms with van der Waals surface area (Å²) in [6, 6.07) is 5.53. The zero-order valence-electron chi connectivity index (χ0n) is 11.4. The van der Waals surface area contributed by atoms with E-state index in [0.29, 0.717) is 23.0 Å². The molecule has 1 fully saturated rings. The Kier molecular flexibility index (Phi) is 5.30. The van der Waals surface area contributed by atoms with Gasteiger partial charge in [-0.25, -0.2) is 0 Å². The van der Waals surface area contributed by atoms with Crippen LogP contribution in [0.25, 0.3) is 0 Å². The maximum absolute atomic E-state index is 12.2. The van der Waals surface area contributed by atoms with Crippen molar-refractivity contribution in [1.82, 2.24) is 5.32 Å². The second-order valence-electron chi connectivity index (χ2n) is 5.44. The van der Waals surface area contributed by atoms with Crippen molar-refractivity contribution in [2.45, 2.75) is 44.1 Å². The van der Waals surface area contributed by atoms with Crippen molar-refractivity contribution in [1.29, 1.82) is 0 Å². The Labute approximate surface area is 129 Å². The number of nitrogens with two attached hydrogens (primary N) is 1. The average Bonchev–Trinajstić information content (AvgIpc) is 2.44. The van der Waals surface area contributed by atoms with Crippen molar-refractivity contribution >= 4 is 29.1 Å². The van der Waals surface area contributed by atoms with Crippen molar-refractivity contribution in [2.24, 2.45) is 5.73 Å². The highest BCUT2D eigenvalue weighted by Gasteiger charge is 2.34. The van der Waals surface area contributed by atoms with Crippen molar-refractivity contribution in [2.75, 3.05) is 6.54 Å². The molecule has 5 heteroatoms. The lowest BCUT2D eigenvalue weighted by molar-refractivity contribution is -0.127. The molecule has 1 aliphatic rings. The molecule has 0 aliphatic heterocycles. The van der Waals surface area contributed by atoms with Crippen LogP contribution >= 0.6 is 23.2 Å². The molecule has 0 unspecified atom stereocenters. The molecule has 0 radical (unpaired) electrons. The van der Waals surface area contributed by atoms with Crippen LogP contribution < -0.4 is 11.1 Å². The van der Waals surface area contributed by atoms with Crippen LogP contribution in [0.3, 0.4) is 0 Å². The van der Waals surface area contributed by atoms with Gasteiger partial charge in [-0.2, -0.15) is 0 Å². The number of halogens is 2. The minimum atomic E-state index is -0.684. The van der Waals surface area contributed by atoms with E-state index in [2.05, 4.69) is 5.32 Å². The fraction of sp³-hybridized carbons (Fsp3) is 0.533. The molecule has 0 heterocycles. The van der Waals surface area contributed by atoms with Gasteiger partial charge in [-0.3, -0.25) is 4.79 Å². The smallest absolute Gasteiger partial charge is 0.240 e. The normalized spacial score (nSPS) is 17.8. The largest absolute Gasteiger partial charge is 0.354 e. The number of hydrogen-bond acceptors (Lipinski definition) is 2. The van der Waals surface area contributed by atoms with Gasteiger partial charge >= 0.3 is 0 Å². The third-order valence-corrected chi connectivity index (χ3v) is 4.77. The Morgan fingerprint density at radius 2 is 1.95 bits per heavy atom. The molecule has 2 rings (SSSR count). The van der Waals surface area contributed by atoms with Gasteiger partial charge in [0.25, 0.3) is 0 Å². The number of amides is 1. The minimum absolute atomic E-state index is 0.0460. The summed E-state index contributed by atoms with van der Waals surface area (Å²) >= 11 is 12.1. The van der Waals surface area contributed by atoms with Crippen LogP contribution in [0.15, 0.2) is 18.2 Å². The predicted molar refractivity (Wildman–Crippen MR) is 83.2 cm³/mol. The summed E-state index contributed by atoms with van der Waals surface area (Å²) in [7, 11) is 0. The van der Waals surface area contributed by atoms with Gasteiger partial charge in [0.05, 0.1) is 15.6 Å². The molecule has 0 aromatic heterocycles. The van der Waals surface area contributed by atoms with Crippen LogP contribution in [0.2, 0.25) is 10.0 Å². The second kappa shape index (κ2) is 6.79. The SMILES string of the molecule is NC1(C(=O)NCCc2cccc(Cl)c2Cl)CCCCC1. The number of carbonyl (C=O) groups is 1. The van der Waals surface area contributed by atoms with Crippen LogP contribution in [-0.2, 0) is 11.2 Å². The van der Waals surface area contributed by atoms with E-state index in [1.807, 2.05) is 12.1 Å². The highest BCUT2D eigenvalue weighted by Crippen LogP contribution is 2.27. The Morgan fingerprint density at radius 1 is 1.25 bits per heavy atom. The molecule has 1 aliphatic carbocycles. The van der Waals surface area contributed by atoms with E-state index in [-0.39, 0.29) is 5.91 Å². The number of carbonyl (C=O) groups excluding carboxylic acids is 1. The maximum atomic E-state index is 12.2. The first-order chi connectivity index (χ1) is 9.53. The third kappa shape index (κ3) is 3.66. The Morgan fingerprint density at radius 3 is 2.65 bits per heavy atom. The Balaban J connectivity index is 1.86. The molecule has 0 bridgehead atoms. The van der Waals surface area contributed by atoms with Crippen LogP contribution in [0.1, 0.15) is 37.7 Å². The first-order valence-electron chi connectivity index (χ1n) is 7.03. The van der Waals surface area contributed by atoms with Gasteiger partial charge in [0.1, 0.15) is 0 Å². The van der Waals surface area contributed by atoms with Gasteiger partial charge in [-0.15, -0.1) is 0 Å². The summed E-state index contributed by atoms with van der Waals surface area (Å²) in [6.07, 6.45) is 5.44. The van der Waals surface area contributed by atoms with E-state index in [4.69, 9.17) is 28.9 Å². The van der Waals surface area contributed by atoms with Gasteiger partial charge < -0.3 is 11.1 Å². The summed E-state index contributed by atoms with van der Waals surface area (Å²) in [5, 5.41) is 4.02. The number of nitrogens with one attached hydrogen (secondary N) is 1. The van der Waals surface area contributed by atoms with Gasteiger partial charge in [0.2, 0.25) is 5.91 Å². The predicted octanol–water partition coefficient (Wildman–Crippen LogP) is 3.31. The first-order valence-corrected chi connectivity index (χ1v) is 7.78. The van der Waals surface area contributed by atoms with Crippen LogP contribution in [0.4, 0.5) is 0 Å². The monoisotopic (exact) mass is 314 g/mol. The van der Waals surface area contributed by atoms with E-state index in [0.717, 1.165) is 31.2 Å². The molecule has 3 nitrogen and oxygen atoms in total. The van der Waals surface area contributed by atoms with Crippen molar-refractivity contribution in [3.05, 3.63) is 33.8 Å². The molecule has 1 amide bonds. The lowest BCUT2D eigenvalue weighted by Crippen LogP contribution is -2.55. The highest BCUT2D eigenvalue weighted by atomic mass is 35.5. The first kappa shape index (κ1) is 15.6. The lowest BCUT2D eigenvalue weighted by atomic mass is 9.82. The summed E-state index contributed by atoms with van der Waals surface area (Å²) in [5.74, 6) is -0.0460. The van der Waals surface area contributed by atoms with Gasteiger partial charge in [0, 0.05) is 6.54 Å². The summed E-state index contributed by atoms with van der Waals surface area (Å²) in [4.78, 5) is 12.2. The zero-order chi connectivity index (χ0) is 14.6. The summed E-state index contributed by atoms with van der Waals surface area (Å²) < 4.78 is 0. The topological polar surface area (TPSA) is 55.1 Å². The molecule has 110 valence electrons. The van der Waals surface area contributed by atoms with Gasteiger partial charge in [-0.05, 0) is 30.9 Å². The average molecular weight is 315 g/mol. The fourth-order valence-electron chi connectivity index (χ4n) is 2.64. The molecule has 3 N–H and O–H groups in total.